The van der Waals surface area contributed by atoms with Crippen molar-refractivity contribution in [1.29, 1.82) is 0 Å². The molecule has 1 unspecified atom stereocenters. The maximum absolute atomic E-state index is 13.2. The quantitative estimate of drug-likeness (QED) is 0.812. The summed E-state index contributed by atoms with van der Waals surface area (Å²) in [5.74, 6) is -0.302. The molecule has 3 rings (SSSR count). The van der Waals surface area contributed by atoms with Gasteiger partial charge in [0.05, 0.1) is 6.04 Å². The van der Waals surface area contributed by atoms with Crippen LogP contribution in [0.15, 0.2) is 48.5 Å². The van der Waals surface area contributed by atoms with Gasteiger partial charge in [-0.3, -0.25) is 4.79 Å². The predicted molar refractivity (Wildman–Crippen MR) is 80.6 cm³/mol. The van der Waals surface area contributed by atoms with Gasteiger partial charge in [-0.15, -0.1) is 0 Å². The first-order chi connectivity index (χ1) is 10.2. The van der Waals surface area contributed by atoms with Gasteiger partial charge >= 0.3 is 0 Å². The highest BCUT2D eigenvalue weighted by molar-refractivity contribution is 5.96. The number of rotatable bonds is 2. The van der Waals surface area contributed by atoms with Crippen molar-refractivity contribution in [3.63, 3.8) is 0 Å². The van der Waals surface area contributed by atoms with Crippen LogP contribution in [-0.2, 0) is 0 Å². The van der Waals surface area contributed by atoms with Gasteiger partial charge in [-0.2, -0.15) is 0 Å². The van der Waals surface area contributed by atoms with Crippen molar-refractivity contribution < 1.29 is 9.18 Å². The number of carbonyl (C=O) groups is 1. The van der Waals surface area contributed by atoms with E-state index < -0.39 is 0 Å². The minimum Gasteiger partial charge on any atom is -0.332 e. The Kier molecular flexibility index (Phi) is 3.74. The molecule has 1 aliphatic rings. The minimum absolute atomic E-state index is 0.00106. The van der Waals surface area contributed by atoms with E-state index in [1.54, 1.807) is 13.0 Å². The Morgan fingerprint density at radius 1 is 1.19 bits per heavy atom. The monoisotopic (exact) mass is 283 g/mol. The molecular weight excluding hydrogens is 265 g/mol. The Hall–Kier alpha value is -2.16. The molecule has 1 saturated heterocycles. The lowest BCUT2D eigenvalue weighted by molar-refractivity contribution is 0.0735. The topological polar surface area (TPSA) is 20.3 Å². The SMILES string of the molecule is Cc1cc(F)ccc1C(=O)N1CCCC1c1ccccc1. The van der Waals surface area contributed by atoms with Crippen molar-refractivity contribution in [2.75, 3.05) is 6.54 Å². The van der Waals surface area contributed by atoms with Crippen molar-refractivity contribution >= 4 is 5.91 Å². The fourth-order valence-electron chi connectivity index (χ4n) is 3.05. The smallest absolute Gasteiger partial charge is 0.254 e. The van der Waals surface area contributed by atoms with E-state index >= 15 is 0 Å². The van der Waals surface area contributed by atoms with Crippen molar-refractivity contribution in [3.05, 3.63) is 71.0 Å². The Bertz CT molecular complexity index is 654. The average molecular weight is 283 g/mol. The van der Waals surface area contributed by atoms with E-state index in [0.29, 0.717) is 11.1 Å². The molecule has 0 spiro atoms. The van der Waals surface area contributed by atoms with E-state index in [4.69, 9.17) is 0 Å². The molecule has 0 saturated carbocycles. The third kappa shape index (κ3) is 2.68. The summed E-state index contributed by atoms with van der Waals surface area (Å²) >= 11 is 0. The third-order valence-corrected chi connectivity index (χ3v) is 4.12. The molecule has 1 heterocycles. The minimum atomic E-state index is -0.301. The Morgan fingerprint density at radius 3 is 2.67 bits per heavy atom. The van der Waals surface area contributed by atoms with E-state index in [-0.39, 0.29) is 17.8 Å². The Labute approximate surface area is 124 Å². The van der Waals surface area contributed by atoms with Gasteiger partial charge in [-0.1, -0.05) is 30.3 Å². The summed E-state index contributed by atoms with van der Waals surface area (Å²) in [6.45, 7) is 2.54. The Morgan fingerprint density at radius 2 is 1.95 bits per heavy atom. The highest BCUT2D eigenvalue weighted by atomic mass is 19.1. The molecule has 3 heteroatoms. The van der Waals surface area contributed by atoms with E-state index in [1.807, 2.05) is 23.1 Å². The summed E-state index contributed by atoms with van der Waals surface area (Å²) in [6, 6.07) is 14.6. The molecule has 0 bridgehead atoms. The van der Waals surface area contributed by atoms with Gasteiger partial charge in [0.15, 0.2) is 0 Å². The first-order valence-corrected chi connectivity index (χ1v) is 7.29. The van der Waals surface area contributed by atoms with Gasteiger partial charge in [0.1, 0.15) is 5.82 Å². The van der Waals surface area contributed by atoms with Gasteiger partial charge in [0.2, 0.25) is 0 Å². The van der Waals surface area contributed by atoms with Crippen molar-refractivity contribution in [2.45, 2.75) is 25.8 Å². The molecule has 1 aliphatic heterocycles. The van der Waals surface area contributed by atoms with E-state index in [9.17, 15) is 9.18 Å². The van der Waals surface area contributed by atoms with Gasteiger partial charge in [-0.05, 0) is 49.1 Å². The van der Waals surface area contributed by atoms with E-state index in [2.05, 4.69) is 12.1 Å². The number of hydrogen-bond donors (Lipinski definition) is 0. The fraction of sp³-hybridized carbons (Fsp3) is 0.278. The lowest BCUT2D eigenvalue weighted by Crippen LogP contribution is -2.31. The van der Waals surface area contributed by atoms with Crippen molar-refractivity contribution in [1.82, 2.24) is 4.90 Å². The first-order valence-electron chi connectivity index (χ1n) is 7.29. The van der Waals surface area contributed by atoms with Gasteiger partial charge in [0.25, 0.3) is 5.91 Å². The van der Waals surface area contributed by atoms with Crippen LogP contribution in [0.25, 0.3) is 0 Å². The molecule has 2 aromatic rings. The molecule has 0 aromatic heterocycles. The lowest BCUT2D eigenvalue weighted by atomic mass is 10.0. The number of nitrogens with zero attached hydrogens (tertiary/aromatic N) is 1. The zero-order chi connectivity index (χ0) is 14.8. The molecule has 1 amide bonds. The molecule has 108 valence electrons. The second kappa shape index (κ2) is 5.68. The largest absolute Gasteiger partial charge is 0.332 e. The molecule has 2 nitrogen and oxygen atoms in total. The molecule has 2 aromatic carbocycles. The zero-order valence-electron chi connectivity index (χ0n) is 12.1. The van der Waals surface area contributed by atoms with Crippen LogP contribution >= 0.6 is 0 Å². The van der Waals surface area contributed by atoms with E-state index in [1.165, 1.54) is 17.7 Å². The molecule has 1 fully saturated rings. The van der Waals surface area contributed by atoms with E-state index in [0.717, 1.165) is 19.4 Å². The van der Waals surface area contributed by atoms with Crippen LogP contribution in [0.5, 0.6) is 0 Å². The summed E-state index contributed by atoms with van der Waals surface area (Å²) in [7, 11) is 0. The number of hydrogen-bond acceptors (Lipinski definition) is 1. The summed E-state index contributed by atoms with van der Waals surface area (Å²) in [4.78, 5) is 14.7. The molecule has 0 radical (unpaired) electrons. The zero-order valence-corrected chi connectivity index (χ0v) is 12.1. The van der Waals surface area contributed by atoms with Crippen LogP contribution < -0.4 is 0 Å². The predicted octanol–water partition coefficient (Wildman–Crippen LogP) is 4.11. The number of halogens is 1. The Balaban J connectivity index is 1.90. The van der Waals surface area contributed by atoms with Gasteiger partial charge in [0, 0.05) is 12.1 Å². The first kappa shape index (κ1) is 13.8. The highest BCUT2D eigenvalue weighted by Gasteiger charge is 2.30. The van der Waals surface area contributed by atoms with Crippen LogP contribution in [0.3, 0.4) is 0 Å². The second-order valence-electron chi connectivity index (χ2n) is 5.53. The third-order valence-electron chi connectivity index (χ3n) is 4.12. The van der Waals surface area contributed by atoms with Gasteiger partial charge in [-0.25, -0.2) is 4.39 Å². The maximum atomic E-state index is 13.2. The summed E-state index contributed by atoms with van der Waals surface area (Å²) in [5.41, 5.74) is 2.46. The highest BCUT2D eigenvalue weighted by Crippen LogP contribution is 2.33. The molecule has 21 heavy (non-hydrogen) atoms. The van der Waals surface area contributed by atoms with Crippen LogP contribution in [0.4, 0.5) is 4.39 Å². The fourth-order valence-corrected chi connectivity index (χ4v) is 3.05. The van der Waals surface area contributed by atoms with Crippen LogP contribution in [0, 0.1) is 12.7 Å². The van der Waals surface area contributed by atoms with Crippen LogP contribution in [0.1, 0.15) is 40.4 Å². The normalized spacial score (nSPS) is 18.0. The number of amides is 1. The molecule has 0 aliphatic carbocycles. The maximum Gasteiger partial charge on any atom is 0.254 e. The number of likely N-dealkylation sites (tertiary alicyclic amines) is 1. The number of benzene rings is 2. The average Bonchev–Trinajstić information content (AvgIpc) is 2.97. The second-order valence-corrected chi connectivity index (χ2v) is 5.53. The summed E-state index contributed by atoms with van der Waals surface area (Å²) < 4.78 is 13.2. The van der Waals surface area contributed by atoms with Gasteiger partial charge < -0.3 is 4.90 Å². The van der Waals surface area contributed by atoms with Crippen LogP contribution in [0.2, 0.25) is 0 Å². The van der Waals surface area contributed by atoms with Crippen molar-refractivity contribution in [2.24, 2.45) is 0 Å². The van der Waals surface area contributed by atoms with Crippen molar-refractivity contribution in [3.8, 4) is 0 Å². The molecular formula is C18H18FNO. The standard InChI is InChI=1S/C18H18FNO/c1-13-12-15(19)9-10-16(13)18(21)20-11-5-8-17(20)14-6-3-2-4-7-14/h2-4,6-7,9-10,12,17H,5,8,11H2,1H3. The molecule has 1 atom stereocenters. The van der Waals surface area contributed by atoms with Crippen LogP contribution in [-0.4, -0.2) is 17.4 Å². The summed E-state index contributed by atoms with van der Waals surface area (Å²) in [6.07, 6.45) is 1.99. The number of aryl methyl sites for hydroxylation is 1. The molecule has 0 N–H and O–H groups in total. The summed E-state index contributed by atoms with van der Waals surface area (Å²) in [5, 5.41) is 0. The number of carbonyl (C=O) groups excluding carboxylic acids is 1. The lowest BCUT2D eigenvalue weighted by Gasteiger charge is -2.26.